The molecule has 6 rings (SSSR count). The molecule has 0 aliphatic carbocycles. The monoisotopic (exact) mass is 656 g/mol. The van der Waals surface area contributed by atoms with Gasteiger partial charge in [0.2, 0.25) is 11.8 Å². The van der Waals surface area contributed by atoms with Crippen molar-refractivity contribution in [3.8, 4) is 5.75 Å². The second kappa shape index (κ2) is 11.5. The highest BCUT2D eigenvalue weighted by molar-refractivity contribution is 8.00. The van der Waals surface area contributed by atoms with Gasteiger partial charge in [-0.3, -0.25) is 29.3 Å². The molecule has 0 bridgehead atoms. The summed E-state index contributed by atoms with van der Waals surface area (Å²) >= 11 is 1.97. The number of thioether (sulfide) groups is 1. The Kier molecular flexibility index (Phi) is 7.70. The number of carbonyl (C=O) groups excluding carboxylic acids is 3. The Morgan fingerprint density at radius 3 is 2.47 bits per heavy atom. The van der Waals surface area contributed by atoms with Gasteiger partial charge in [-0.05, 0) is 48.0 Å². The Bertz CT molecular complexity index is 1910. The molecule has 3 unspecified atom stereocenters. The minimum absolute atomic E-state index is 0.0604. The maximum atomic E-state index is 13.8. The van der Waals surface area contributed by atoms with Gasteiger partial charge in [-0.1, -0.05) is 41.3 Å². The Labute approximate surface area is 259 Å². The molecule has 230 valence electrons. The summed E-state index contributed by atoms with van der Waals surface area (Å²) in [6.45, 7) is -0.541. The zero-order valence-corrected chi connectivity index (χ0v) is 24.2. The second-order valence-corrected chi connectivity index (χ2v) is 12.2. The number of aromatic nitrogens is 1. The van der Waals surface area contributed by atoms with Gasteiger partial charge in [0.05, 0.1) is 27.1 Å². The molecule has 2 N–H and O–H groups in total. The predicted octanol–water partition coefficient (Wildman–Crippen LogP) is 5.18. The number of rotatable bonds is 7. The lowest BCUT2D eigenvalue weighted by molar-refractivity contribution is -0.384. The first-order valence-corrected chi connectivity index (χ1v) is 14.8. The van der Waals surface area contributed by atoms with Crippen LogP contribution in [0.3, 0.4) is 0 Å². The molecule has 1 fully saturated rings. The van der Waals surface area contributed by atoms with Crippen LogP contribution in [-0.2, 0) is 20.6 Å². The van der Waals surface area contributed by atoms with Crippen molar-refractivity contribution in [1.82, 2.24) is 4.98 Å². The number of thiazole rings is 1. The average molecular weight is 657 g/mol. The summed E-state index contributed by atoms with van der Waals surface area (Å²) in [5.74, 6) is -3.28. The van der Waals surface area contributed by atoms with Gasteiger partial charge in [0.15, 0.2) is 6.61 Å². The van der Waals surface area contributed by atoms with E-state index in [1.807, 2.05) is 0 Å². The first-order chi connectivity index (χ1) is 21.4. The van der Waals surface area contributed by atoms with Gasteiger partial charge < -0.3 is 15.0 Å². The molecule has 16 heteroatoms. The van der Waals surface area contributed by atoms with Crippen LogP contribution >= 0.6 is 23.1 Å². The Balaban J connectivity index is 1.25. The first-order valence-electron chi connectivity index (χ1n) is 13.1. The Morgan fingerprint density at radius 1 is 1.02 bits per heavy atom. The molecule has 3 atom stereocenters. The lowest BCUT2D eigenvalue weighted by atomic mass is 9.83. The third kappa shape index (κ3) is 5.81. The van der Waals surface area contributed by atoms with Crippen LogP contribution in [0.2, 0.25) is 0 Å². The van der Waals surface area contributed by atoms with E-state index in [-0.39, 0.29) is 27.7 Å². The van der Waals surface area contributed by atoms with Gasteiger partial charge in [0, 0.05) is 28.6 Å². The molecule has 1 aromatic heterocycles. The molecule has 0 saturated carbocycles. The van der Waals surface area contributed by atoms with E-state index in [1.54, 1.807) is 24.3 Å². The molecule has 3 aromatic carbocycles. The number of nitro benzene ring substituents is 1. The van der Waals surface area contributed by atoms with E-state index in [0.717, 1.165) is 40.1 Å². The fourth-order valence-corrected chi connectivity index (χ4v) is 7.79. The number of anilines is 2. The number of non-ortho nitro benzene ring substituents is 1. The number of fused-ring (bicyclic) bond motifs is 2. The number of halogens is 3. The lowest BCUT2D eigenvalue weighted by Gasteiger charge is -2.30. The van der Waals surface area contributed by atoms with E-state index >= 15 is 0 Å². The van der Waals surface area contributed by atoms with E-state index in [2.05, 4.69) is 10.3 Å². The highest BCUT2D eigenvalue weighted by Crippen LogP contribution is 2.53. The number of hydrogen-bond donors (Lipinski definition) is 2. The number of ether oxygens (including phenoxy) is 1. The summed E-state index contributed by atoms with van der Waals surface area (Å²) in [6.07, 6.45) is -4.58. The molecule has 2 aliphatic heterocycles. The van der Waals surface area contributed by atoms with Gasteiger partial charge in [0.1, 0.15) is 11.0 Å². The maximum Gasteiger partial charge on any atom is 0.416 e. The van der Waals surface area contributed by atoms with E-state index < -0.39 is 58.1 Å². The van der Waals surface area contributed by atoms with Crippen molar-refractivity contribution >= 4 is 57.9 Å². The highest BCUT2D eigenvalue weighted by Gasteiger charge is 2.56. The molecule has 0 spiro atoms. The summed E-state index contributed by atoms with van der Waals surface area (Å²) in [7, 11) is 0. The summed E-state index contributed by atoms with van der Waals surface area (Å²) < 4.78 is 44.7. The molecule has 1 saturated heterocycles. The Hall–Kier alpha value is -4.96. The molecule has 45 heavy (non-hydrogen) atoms. The number of imide groups is 1. The third-order valence-corrected chi connectivity index (χ3v) is 9.60. The zero-order valence-electron chi connectivity index (χ0n) is 22.6. The molecule has 4 aromatic rings. The van der Waals surface area contributed by atoms with E-state index in [0.29, 0.717) is 15.5 Å². The van der Waals surface area contributed by atoms with Gasteiger partial charge in [0.25, 0.3) is 11.6 Å². The number of alkyl halides is 3. The molecule has 0 radical (unpaired) electrons. The number of nitrogens with zero attached hydrogens (tertiary/aromatic N) is 2. The molecule has 3 heterocycles. The van der Waals surface area contributed by atoms with Gasteiger partial charge in [-0.15, -0.1) is 0 Å². The van der Waals surface area contributed by atoms with Crippen LogP contribution < -0.4 is 19.8 Å². The highest BCUT2D eigenvalue weighted by atomic mass is 32.2. The van der Waals surface area contributed by atoms with Crippen LogP contribution in [0.5, 0.6) is 5.75 Å². The predicted molar refractivity (Wildman–Crippen MR) is 158 cm³/mol. The number of nitrogens with one attached hydrogen (secondary N) is 2. The quantitative estimate of drug-likeness (QED) is 0.157. The minimum atomic E-state index is -4.58. The maximum absolute atomic E-state index is 13.8. The van der Waals surface area contributed by atoms with Crippen LogP contribution in [0.25, 0.3) is 0 Å². The molecule has 2 aliphatic rings. The lowest BCUT2D eigenvalue weighted by Crippen LogP contribution is -2.32. The summed E-state index contributed by atoms with van der Waals surface area (Å²) in [5.41, 5.74) is -0.497. The zero-order chi connectivity index (χ0) is 32.0. The molecule has 3 amide bonds. The van der Waals surface area contributed by atoms with Crippen molar-refractivity contribution < 1.29 is 37.2 Å². The summed E-state index contributed by atoms with van der Waals surface area (Å²) in [6, 6.07) is 15.6. The van der Waals surface area contributed by atoms with Gasteiger partial charge in [-0.25, -0.2) is 4.90 Å². The smallest absolute Gasteiger partial charge is 0.416 e. The van der Waals surface area contributed by atoms with Crippen molar-refractivity contribution in [2.45, 2.75) is 22.4 Å². The number of benzene rings is 3. The van der Waals surface area contributed by atoms with Crippen LogP contribution in [0.4, 0.5) is 30.2 Å². The fraction of sp³-hybridized carbons (Fsp3) is 0.172. The molecular formula is C29H19F3N4O7S2. The van der Waals surface area contributed by atoms with Crippen molar-refractivity contribution in [3.05, 3.63) is 109 Å². The van der Waals surface area contributed by atoms with E-state index in [1.165, 1.54) is 36.4 Å². The molecule has 11 nitrogen and oxygen atoms in total. The Morgan fingerprint density at radius 2 is 1.76 bits per heavy atom. The number of H-pyrrole nitrogens is 1. The van der Waals surface area contributed by atoms with E-state index in [4.69, 9.17) is 4.74 Å². The van der Waals surface area contributed by atoms with E-state index in [9.17, 15) is 42.5 Å². The standard InChI is InChI=1S/C29H19F3N4O7S2/c30-29(31,32)15-4-2-5-16(12-15)33-20(37)13-43-19-6-1-3-14(11-19)21-22-24(44-25-23(21)45-28(40)34-25)27(39)35(26(22)38)17-7-9-18(10-8-17)36(41)42/h1-12,21-22,24H,13H2,(H,33,37)(H,34,40). The van der Waals surface area contributed by atoms with Crippen LogP contribution in [0, 0.1) is 16.0 Å². The largest absolute Gasteiger partial charge is 0.484 e. The fourth-order valence-electron chi connectivity index (χ4n) is 5.27. The van der Waals surface area contributed by atoms with Gasteiger partial charge >= 0.3 is 11.0 Å². The molecular weight excluding hydrogens is 637 g/mol. The average Bonchev–Trinajstić information content (AvgIpc) is 3.49. The van der Waals surface area contributed by atoms with Crippen LogP contribution in [-0.4, -0.2) is 39.5 Å². The number of hydrogen-bond acceptors (Lipinski definition) is 9. The van der Waals surface area contributed by atoms with Crippen molar-refractivity contribution in [3.63, 3.8) is 0 Å². The van der Waals surface area contributed by atoms with Gasteiger partial charge in [-0.2, -0.15) is 13.2 Å². The van der Waals surface area contributed by atoms with Crippen LogP contribution in [0.15, 0.2) is 82.6 Å². The topological polar surface area (TPSA) is 152 Å². The number of nitro groups is 1. The first kappa shape index (κ1) is 30.1. The van der Waals surface area contributed by atoms with Crippen molar-refractivity contribution in [1.29, 1.82) is 0 Å². The van der Waals surface area contributed by atoms with Crippen molar-refractivity contribution in [2.75, 3.05) is 16.8 Å². The third-order valence-electron chi connectivity index (χ3n) is 7.20. The SMILES string of the molecule is O=C(COc1cccc(C2c3sc(=O)[nH]c3SC3C(=O)N(c4ccc([N+](=O)[O-])cc4)C(=O)C32)c1)Nc1cccc(C(F)(F)F)c1. The van der Waals surface area contributed by atoms with Crippen LogP contribution in [0.1, 0.15) is 21.9 Å². The summed E-state index contributed by atoms with van der Waals surface area (Å²) in [5, 5.41) is 13.0. The number of carbonyl (C=O) groups is 3. The van der Waals surface area contributed by atoms with Crippen molar-refractivity contribution in [2.24, 2.45) is 5.92 Å². The summed E-state index contributed by atoms with van der Waals surface area (Å²) in [4.78, 5) is 66.6. The number of amides is 3. The normalized spacial score (nSPS) is 19.2. The number of aromatic amines is 1. The second-order valence-electron chi connectivity index (χ2n) is 10.0. The minimum Gasteiger partial charge on any atom is -0.484 e.